The Morgan fingerprint density at radius 2 is 1.47 bits per heavy atom. The van der Waals surface area contributed by atoms with Crippen molar-refractivity contribution in [2.45, 2.75) is 31.7 Å². The van der Waals surface area contributed by atoms with Crippen LogP contribution in [0.1, 0.15) is 39.4 Å². The number of amides is 1. The second-order valence-corrected chi connectivity index (χ2v) is 10.9. The molecule has 0 spiro atoms. The molecule has 0 aromatic heterocycles. The molecule has 5 aromatic rings. The van der Waals surface area contributed by atoms with E-state index >= 15 is 0 Å². The van der Waals surface area contributed by atoms with Crippen LogP contribution in [0.5, 0.6) is 0 Å². The van der Waals surface area contributed by atoms with Gasteiger partial charge in [-0.2, -0.15) is 0 Å². The second-order valence-electron chi connectivity index (χ2n) is 10.9. The lowest BCUT2D eigenvalue weighted by molar-refractivity contribution is -0.497. The number of hydrogen-bond acceptors (Lipinski definition) is 6. The van der Waals surface area contributed by atoms with Crippen LogP contribution in [-0.2, 0) is 22.8 Å². The molecule has 0 unspecified atom stereocenters. The minimum absolute atomic E-state index is 0.0282. The molecule has 1 aliphatic heterocycles. The first-order valence-corrected chi connectivity index (χ1v) is 14.5. The highest BCUT2D eigenvalue weighted by Gasteiger charge is 2.34. The molecule has 1 aliphatic rings. The average Bonchev–Trinajstić information content (AvgIpc) is 3.06. The standard InChI is InChI=1S/C36H34N2O5/c39-36(30-17-13-26(14-18-30)25-43-38(40)41)37-20-19-34(33-12-6-11-32(22-33)28-7-2-1-3-8-28)35(23-37)42-24-27-15-16-29-9-4-5-10-31(29)21-27/h1-18,21-22,34-35,40-41H,19-20,23-25H2/t34-,35+/m1/s1. The average molecular weight is 575 g/mol. The van der Waals surface area contributed by atoms with Crippen LogP contribution >= 0.6 is 0 Å². The lowest BCUT2D eigenvalue weighted by atomic mass is 9.85. The first-order chi connectivity index (χ1) is 21.0. The van der Waals surface area contributed by atoms with Gasteiger partial charge < -0.3 is 9.64 Å². The van der Waals surface area contributed by atoms with Gasteiger partial charge in [0, 0.05) is 24.6 Å². The molecule has 7 heteroatoms. The second kappa shape index (κ2) is 13.3. The molecule has 1 heterocycles. The van der Waals surface area contributed by atoms with Crippen molar-refractivity contribution < 1.29 is 24.8 Å². The molecule has 6 rings (SSSR count). The molecule has 2 atom stereocenters. The van der Waals surface area contributed by atoms with Crippen LogP contribution < -0.4 is 0 Å². The van der Waals surface area contributed by atoms with E-state index in [9.17, 15) is 4.79 Å². The van der Waals surface area contributed by atoms with Crippen molar-refractivity contribution in [3.05, 3.63) is 144 Å². The fourth-order valence-electron chi connectivity index (χ4n) is 5.82. The van der Waals surface area contributed by atoms with Crippen molar-refractivity contribution in [1.82, 2.24) is 10.3 Å². The third-order valence-electron chi connectivity index (χ3n) is 8.09. The van der Waals surface area contributed by atoms with Gasteiger partial charge in [-0.25, -0.2) is 4.84 Å². The highest BCUT2D eigenvalue weighted by Crippen LogP contribution is 2.34. The van der Waals surface area contributed by atoms with Crippen molar-refractivity contribution in [3.63, 3.8) is 0 Å². The zero-order valence-corrected chi connectivity index (χ0v) is 23.8. The maximum atomic E-state index is 13.6. The zero-order chi connectivity index (χ0) is 29.6. The van der Waals surface area contributed by atoms with Crippen LogP contribution in [0, 0.1) is 0 Å². The molecule has 5 aromatic carbocycles. The SMILES string of the molecule is O=C(c1ccc(CON(O)O)cc1)N1CC[C@H](c2cccc(-c3ccccc3)c2)[C@@H](OCc2ccc3ccccc3c2)C1. The number of carbonyl (C=O) groups is 1. The molecule has 2 N–H and O–H groups in total. The van der Waals surface area contributed by atoms with Crippen LogP contribution in [-0.4, -0.2) is 45.8 Å². The van der Waals surface area contributed by atoms with Crippen molar-refractivity contribution in [1.29, 1.82) is 0 Å². The Labute approximate surface area is 251 Å². The van der Waals surface area contributed by atoms with Crippen molar-refractivity contribution in [2.24, 2.45) is 0 Å². The summed E-state index contributed by atoms with van der Waals surface area (Å²) in [5.74, 6) is 0.0711. The summed E-state index contributed by atoms with van der Waals surface area (Å²) in [6.07, 6.45) is 0.587. The Hall–Kier alpha value is -4.37. The summed E-state index contributed by atoms with van der Waals surface area (Å²) in [5.41, 5.74) is 5.92. The minimum Gasteiger partial charge on any atom is -0.371 e. The first-order valence-electron chi connectivity index (χ1n) is 14.5. The zero-order valence-electron chi connectivity index (χ0n) is 23.8. The predicted molar refractivity (Wildman–Crippen MR) is 164 cm³/mol. The normalized spacial score (nSPS) is 17.0. The molecule has 0 saturated carbocycles. The van der Waals surface area contributed by atoms with E-state index in [0.29, 0.717) is 30.8 Å². The van der Waals surface area contributed by atoms with Gasteiger partial charge in [0.2, 0.25) is 0 Å². The summed E-state index contributed by atoms with van der Waals surface area (Å²) in [6.45, 7) is 1.51. The Morgan fingerprint density at radius 1 is 0.744 bits per heavy atom. The number of benzene rings is 5. The van der Waals surface area contributed by atoms with Gasteiger partial charge >= 0.3 is 0 Å². The number of likely N-dealkylation sites (tertiary alicyclic amines) is 1. The van der Waals surface area contributed by atoms with Crippen molar-refractivity contribution in [3.8, 4) is 11.1 Å². The fraction of sp³-hybridized carbons (Fsp3) is 0.194. The smallest absolute Gasteiger partial charge is 0.253 e. The molecule has 0 aliphatic carbocycles. The van der Waals surface area contributed by atoms with E-state index in [0.717, 1.165) is 12.0 Å². The number of hydrogen-bond donors (Lipinski definition) is 2. The van der Waals surface area contributed by atoms with E-state index in [-0.39, 0.29) is 29.9 Å². The summed E-state index contributed by atoms with van der Waals surface area (Å²) < 4.78 is 6.66. The molecule has 1 amide bonds. The van der Waals surface area contributed by atoms with Crippen molar-refractivity contribution in [2.75, 3.05) is 13.1 Å². The monoisotopic (exact) mass is 574 g/mol. The summed E-state index contributed by atoms with van der Waals surface area (Å²) in [4.78, 5) is 20.1. The van der Waals surface area contributed by atoms with Gasteiger partial charge in [0.25, 0.3) is 5.91 Å². The number of ether oxygens (including phenoxy) is 1. The topological polar surface area (TPSA) is 82.5 Å². The highest BCUT2D eigenvalue weighted by molar-refractivity contribution is 5.94. The Kier molecular flexibility index (Phi) is 8.88. The van der Waals surface area contributed by atoms with E-state index in [1.54, 1.807) is 24.3 Å². The van der Waals surface area contributed by atoms with Crippen LogP contribution in [0.3, 0.4) is 0 Å². The minimum atomic E-state index is -0.323. The molecule has 1 fully saturated rings. The maximum absolute atomic E-state index is 13.6. The fourth-order valence-corrected chi connectivity index (χ4v) is 5.82. The summed E-state index contributed by atoms with van der Waals surface area (Å²) in [7, 11) is 0. The van der Waals surface area contributed by atoms with E-state index in [4.69, 9.17) is 15.2 Å². The Bertz CT molecular complexity index is 1670. The summed E-state index contributed by atoms with van der Waals surface area (Å²) in [5, 5.41) is 19.6. The Morgan fingerprint density at radius 3 is 2.26 bits per heavy atom. The molecule has 1 saturated heterocycles. The van der Waals surface area contributed by atoms with E-state index in [1.807, 2.05) is 23.1 Å². The van der Waals surface area contributed by atoms with Crippen LogP contribution in [0.25, 0.3) is 21.9 Å². The number of fused-ring (bicyclic) bond motifs is 1. The largest absolute Gasteiger partial charge is 0.371 e. The highest BCUT2D eigenvalue weighted by atomic mass is 17.1. The van der Waals surface area contributed by atoms with Crippen LogP contribution in [0.4, 0.5) is 0 Å². The van der Waals surface area contributed by atoms with Crippen molar-refractivity contribution >= 4 is 16.7 Å². The summed E-state index contributed by atoms with van der Waals surface area (Å²) >= 11 is 0. The number of nitrogens with zero attached hydrogens (tertiary/aromatic N) is 2. The van der Waals surface area contributed by atoms with E-state index in [2.05, 4.69) is 83.7 Å². The van der Waals surface area contributed by atoms with E-state index in [1.165, 1.54) is 27.5 Å². The van der Waals surface area contributed by atoms with Gasteiger partial charge in [0.1, 0.15) is 0 Å². The van der Waals surface area contributed by atoms with Gasteiger partial charge in [-0.3, -0.25) is 15.2 Å². The third kappa shape index (κ3) is 7.00. The predicted octanol–water partition coefficient (Wildman–Crippen LogP) is 7.23. The molecule has 43 heavy (non-hydrogen) atoms. The molecule has 7 nitrogen and oxygen atoms in total. The summed E-state index contributed by atoms with van der Waals surface area (Å²) in [6, 6.07) is 40.7. The number of carbonyl (C=O) groups excluding carboxylic acids is 1. The quantitative estimate of drug-likeness (QED) is 0.181. The van der Waals surface area contributed by atoms with Gasteiger partial charge in [-0.15, -0.1) is 0 Å². The molecule has 218 valence electrons. The van der Waals surface area contributed by atoms with Crippen LogP contribution in [0.15, 0.2) is 121 Å². The van der Waals surface area contributed by atoms with Gasteiger partial charge in [0.15, 0.2) is 0 Å². The lowest BCUT2D eigenvalue weighted by Gasteiger charge is -2.39. The maximum Gasteiger partial charge on any atom is 0.253 e. The molecular weight excluding hydrogens is 540 g/mol. The molecule has 0 radical (unpaired) electrons. The van der Waals surface area contributed by atoms with Gasteiger partial charge in [0.05, 0.1) is 24.7 Å². The molecule has 0 bridgehead atoms. The molecular formula is C36H34N2O5. The lowest BCUT2D eigenvalue weighted by Crippen LogP contribution is -2.46. The van der Waals surface area contributed by atoms with E-state index < -0.39 is 0 Å². The van der Waals surface area contributed by atoms with Gasteiger partial charge in [-0.05, 0) is 63.2 Å². The first kappa shape index (κ1) is 28.7. The third-order valence-corrected chi connectivity index (χ3v) is 8.09. The number of piperidine rings is 1. The van der Waals surface area contributed by atoms with Crippen LogP contribution in [0.2, 0.25) is 0 Å². The number of rotatable bonds is 9. The Balaban J connectivity index is 1.22. The van der Waals surface area contributed by atoms with Gasteiger partial charge in [-0.1, -0.05) is 103 Å².